The summed E-state index contributed by atoms with van der Waals surface area (Å²) in [5.74, 6) is -1.59. The second-order valence-corrected chi connectivity index (χ2v) is 6.67. The lowest BCUT2D eigenvalue weighted by Crippen LogP contribution is -2.02. The van der Waals surface area contributed by atoms with E-state index in [9.17, 15) is 15.3 Å². The molecule has 0 aliphatic heterocycles. The summed E-state index contributed by atoms with van der Waals surface area (Å²) in [6.45, 7) is 0. The van der Waals surface area contributed by atoms with Gasteiger partial charge in [-0.3, -0.25) is 9.97 Å². The van der Waals surface area contributed by atoms with Crippen molar-refractivity contribution in [1.82, 2.24) is 19.9 Å². The molecule has 5 N–H and O–H groups in total. The van der Waals surface area contributed by atoms with Crippen LogP contribution in [0.25, 0.3) is 21.8 Å². The van der Waals surface area contributed by atoms with Crippen molar-refractivity contribution < 1.29 is 15.3 Å². The molecule has 138 valence electrons. The fourth-order valence-electron chi connectivity index (χ4n) is 3.79. The van der Waals surface area contributed by atoms with Gasteiger partial charge in [0.25, 0.3) is 0 Å². The molecule has 0 unspecified atom stereocenters. The first-order valence-electron chi connectivity index (χ1n) is 8.70. The van der Waals surface area contributed by atoms with Gasteiger partial charge in [0.15, 0.2) is 17.2 Å². The summed E-state index contributed by atoms with van der Waals surface area (Å²) >= 11 is 0. The minimum atomic E-state index is -0.534. The average Bonchev–Trinajstić information content (AvgIpc) is 3.32. The third-order valence-electron chi connectivity index (χ3n) is 5.08. The summed E-state index contributed by atoms with van der Waals surface area (Å²) in [7, 11) is 0. The topological polar surface area (TPSA) is 118 Å². The summed E-state index contributed by atoms with van der Waals surface area (Å²) in [6.07, 6.45) is 10.8. The van der Waals surface area contributed by atoms with Gasteiger partial charge in [0, 0.05) is 41.5 Å². The summed E-state index contributed by atoms with van der Waals surface area (Å²) in [5.41, 5.74) is 4.33. The smallest absolute Gasteiger partial charge is 0.200 e. The first-order chi connectivity index (χ1) is 13.6. The number of hydrogen-bond acceptors (Lipinski definition) is 5. The monoisotopic (exact) mass is 372 g/mol. The number of pyridine rings is 2. The normalized spacial score (nSPS) is 11.6. The van der Waals surface area contributed by atoms with Crippen LogP contribution in [0.4, 0.5) is 0 Å². The van der Waals surface area contributed by atoms with Gasteiger partial charge in [-0.25, -0.2) is 0 Å². The molecule has 1 aromatic carbocycles. The van der Waals surface area contributed by atoms with E-state index in [2.05, 4.69) is 19.9 Å². The minimum Gasteiger partial charge on any atom is -0.504 e. The number of nitrogens with one attached hydrogen (secondary N) is 2. The highest BCUT2D eigenvalue weighted by atomic mass is 16.3. The second kappa shape index (κ2) is 6.02. The van der Waals surface area contributed by atoms with E-state index in [4.69, 9.17) is 0 Å². The lowest BCUT2D eigenvalue weighted by atomic mass is 9.84. The first-order valence-corrected chi connectivity index (χ1v) is 8.70. The molecule has 0 fully saturated rings. The maximum Gasteiger partial charge on any atom is 0.200 e. The number of nitrogens with zero attached hydrogens (tertiary/aromatic N) is 2. The van der Waals surface area contributed by atoms with E-state index in [1.165, 1.54) is 12.1 Å². The molecular weight excluding hydrogens is 356 g/mol. The van der Waals surface area contributed by atoms with Crippen molar-refractivity contribution >= 4 is 21.8 Å². The molecular formula is C21H16N4O3. The van der Waals surface area contributed by atoms with Crippen LogP contribution in [-0.4, -0.2) is 35.3 Å². The molecule has 0 amide bonds. The van der Waals surface area contributed by atoms with Crippen molar-refractivity contribution in [3.05, 3.63) is 78.1 Å². The molecule has 7 nitrogen and oxygen atoms in total. The number of rotatable bonds is 3. The molecule has 0 spiro atoms. The average molecular weight is 372 g/mol. The number of phenolic OH excluding ortho intramolecular Hbond substituents is 3. The number of benzene rings is 1. The van der Waals surface area contributed by atoms with Crippen LogP contribution in [0.3, 0.4) is 0 Å². The van der Waals surface area contributed by atoms with Crippen LogP contribution in [0.15, 0.2) is 61.4 Å². The summed E-state index contributed by atoms with van der Waals surface area (Å²) < 4.78 is 0. The third-order valence-corrected chi connectivity index (χ3v) is 5.08. The zero-order chi connectivity index (χ0) is 19.3. The minimum absolute atomic E-state index is 0.315. The number of aromatic nitrogens is 4. The number of H-pyrrole nitrogens is 2. The lowest BCUT2D eigenvalue weighted by Gasteiger charge is -2.18. The van der Waals surface area contributed by atoms with Crippen molar-refractivity contribution in [2.24, 2.45) is 0 Å². The van der Waals surface area contributed by atoms with Crippen LogP contribution in [0, 0.1) is 0 Å². The Morgan fingerprint density at radius 2 is 1.25 bits per heavy atom. The molecule has 0 aliphatic carbocycles. The third kappa shape index (κ3) is 2.37. The maximum atomic E-state index is 10.1. The van der Waals surface area contributed by atoms with Gasteiger partial charge < -0.3 is 25.3 Å². The Balaban J connectivity index is 1.82. The van der Waals surface area contributed by atoms with E-state index in [-0.39, 0.29) is 17.4 Å². The Bertz CT molecular complexity index is 1220. The van der Waals surface area contributed by atoms with Crippen molar-refractivity contribution in [3.8, 4) is 17.2 Å². The number of phenols is 3. The van der Waals surface area contributed by atoms with Crippen LogP contribution in [-0.2, 0) is 0 Å². The fourth-order valence-corrected chi connectivity index (χ4v) is 3.79. The van der Waals surface area contributed by atoms with Crippen LogP contribution in [0.1, 0.15) is 22.6 Å². The first kappa shape index (κ1) is 16.2. The molecule has 4 aromatic heterocycles. The van der Waals surface area contributed by atoms with Crippen LogP contribution < -0.4 is 0 Å². The highest BCUT2D eigenvalue weighted by molar-refractivity contribution is 5.88. The van der Waals surface area contributed by atoms with E-state index < -0.39 is 5.75 Å². The van der Waals surface area contributed by atoms with Crippen LogP contribution in [0.2, 0.25) is 0 Å². The van der Waals surface area contributed by atoms with Gasteiger partial charge >= 0.3 is 0 Å². The Kier molecular flexibility index (Phi) is 3.48. The van der Waals surface area contributed by atoms with E-state index in [0.717, 1.165) is 32.9 Å². The van der Waals surface area contributed by atoms with E-state index in [1.54, 1.807) is 24.8 Å². The molecule has 28 heavy (non-hydrogen) atoms. The van der Waals surface area contributed by atoms with Gasteiger partial charge in [-0.1, -0.05) is 0 Å². The van der Waals surface area contributed by atoms with E-state index in [1.807, 2.05) is 24.5 Å². The Morgan fingerprint density at radius 1 is 0.750 bits per heavy atom. The van der Waals surface area contributed by atoms with Crippen LogP contribution in [0.5, 0.6) is 17.2 Å². The number of fused-ring (bicyclic) bond motifs is 2. The highest BCUT2D eigenvalue weighted by Gasteiger charge is 2.25. The molecule has 0 atom stereocenters. The number of aromatic amines is 2. The Morgan fingerprint density at radius 3 is 1.75 bits per heavy atom. The van der Waals surface area contributed by atoms with Gasteiger partial charge in [0.2, 0.25) is 0 Å². The Hall–Kier alpha value is -4.00. The van der Waals surface area contributed by atoms with Gasteiger partial charge in [-0.05, 0) is 41.0 Å². The second-order valence-electron chi connectivity index (χ2n) is 6.67. The van der Waals surface area contributed by atoms with Gasteiger partial charge in [0.05, 0.1) is 23.4 Å². The predicted molar refractivity (Wildman–Crippen MR) is 105 cm³/mol. The Labute approximate surface area is 159 Å². The molecule has 7 heteroatoms. The highest BCUT2D eigenvalue weighted by Crippen LogP contribution is 2.44. The van der Waals surface area contributed by atoms with Crippen molar-refractivity contribution in [1.29, 1.82) is 0 Å². The molecule has 5 rings (SSSR count). The van der Waals surface area contributed by atoms with Gasteiger partial charge in [0.1, 0.15) is 0 Å². The summed E-state index contributed by atoms with van der Waals surface area (Å²) in [5, 5.41) is 32.0. The van der Waals surface area contributed by atoms with Crippen LogP contribution >= 0.6 is 0 Å². The van der Waals surface area contributed by atoms with Crippen molar-refractivity contribution in [2.75, 3.05) is 0 Å². The molecule has 0 radical (unpaired) electrons. The fraction of sp³-hybridized carbons (Fsp3) is 0.0476. The van der Waals surface area contributed by atoms with Crippen molar-refractivity contribution in [2.45, 2.75) is 5.92 Å². The lowest BCUT2D eigenvalue weighted by molar-refractivity contribution is 0.367. The molecule has 0 saturated heterocycles. The molecule has 0 saturated carbocycles. The molecule has 0 aliphatic rings. The summed E-state index contributed by atoms with van der Waals surface area (Å²) in [6, 6.07) is 6.79. The predicted octanol–water partition coefficient (Wildman–Crippen LogP) is 3.74. The zero-order valence-electron chi connectivity index (χ0n) is 14.6. The molecule has 5 aromatic rings. The maximum absolute atomic E-state index is 10.1. The zero-order valence-corrected chi connectivity index (χ0v) is 14.6. The SMILES string of the molecule is Oc1cc(C(c2c[nH]c3cnccc23)c2c[nH]c3cnccc23)cc(O)c1O. The van der Waals surface area contributed by atoms with Gasteiger partial charge in [-0.15, -0.1) is 0 Å². The standard InChI is InChI=1S/C21H16N4O3/c26-18-5-11(6-19(27)21(18)28)20(14-7-24-16-9-22-3-1-12(14)16)15-8-25-17-10-23-4-2-13(15)17/h1-10,20,24-28H. The van der Waals surface area contributed by atoms with Gasteiger partial charge in [-0.2, -0.15) is 0 Å². The van der Waals surface area contributed by atoms with Crippen molar-refractivity contribution in [3.63, 3.8) is 0 Å². The molecule has 4 heterocycles. The largest absolute Gasteiger partial charge is 0.504 e. The molecule has 0 bridgehead atoms. The van der Waals surface area contributed by atoms with E-state index in [0.29, 0.717) is 5.56 Å². The summed E-state index contributed by atoms with van der Waals surface area (Å²) in [4.78, 5) is 14.8. The quantitative estimate of drug-likeness (QED) is 0.309. The number of hydrogen-bond donors (Lipinski definition) is 5. The van der Waals surface area contributed by atoms with E-state index >= 15 is 0 Å². The number of aromatic hydroxyl groups is 3.